The second-order valence-corrected chi connectivity index (χ2v) is 7.51. The molecule has 5 rings (SSSR count). The van der Waals surface area contributed by atoms with Gasteiger partial charge in [0.15, 0.2) is 11.5 Å². The largest absolute Gasteiger partial charge is 0.358 e. The second-order valence-electron chi connectivity index (χ2n) is 7.51. The van der Waals surface area contributed by atoms with Gasteiger partial charge in [-0.3, -0.25) is 9.36 Å². The van der Waals surface area contributed by atoms with Gasteiger partial charge in [0.1, 0.15) is 28.9 Å². The Balaban J connectivity index is 1.74. The zero-order chi connectivity index (χ0) is 22.2. The molecule has 0 aliphatic carbocycles. The van der Waals surface area contributed by atoms with E-state index >= 15 is 0 Å². The first-order valence-corrected chi connectivity index (χ1v) is 10.3. The number of rotatable bonds is 5. The summed E-state index contributed by atoms with van der Waals surface area (Å²) in [5, 5.41) is 3.33. The fraction of sp³-hybridized carbons (Fsp3) is 0.174. The van der Waals surface area contributed by atoms with Crippen molar-refractivity contribution in [2.24, 2.45) is 0 Å². The highest BCUT2D eigenvalue weighted by atomic mass is 19.1. The lowest BCUT2D eigenvalue weighted by Gasteiger charge is -2.22. The van der Waals surface area contributed by atoms with E-state index in [-0.39, 0.29) is 5.39 Å². The maximum atomic E-state index is 14.6. The topological polar surface area (TPSA) is 101 Å². The number of aromatic amines is 1. The number of nitrogens with zero attached hydrogens (tertiary/aromatic N) is 5. The van der Waals surface area contributed by atoms with Crippen LogP contribution in [0.1, 0.15) is 30.8 Å². The molecular weight excluding hydrogens is 409 g/mol. The number of H-pyrrole nitrogens is 1. The van der Waals surface area contributed by atoms with E-state index in [1.54, 1.807) is 18.5 Å². The predicted octanol–water partition coefficient (Wildman–Crippen LogP) is 4.06. The molecule has 0 fully saturated rings. The number of hydrogen-bond acceptors (Lipinski definition) is 6. The maximum Gasteiger partial charge on any atom is 0.269 e. The number of benzene rings is 2. The molecule has 8 nitrogen and oxygen atoms in total. The van der Waals surface area contributed by atoms with E-state index in [0.29, 0.717) is 40.4 Å². The highest BCUT2D eigenvalue weighted by molar-refractivity contribution is 5.82. The first-order chi connectivity index (χ1) is 15.6. The first-order valence-electron chi connectivity index (χ1n) is 10.3. The number of aryl methyl sites for hydroxylation is 1. The molecule has 0 aliphatic rings. The van der Waals surface area contributed by atoms with Crippen LogP contribution in [0.15, 0.2) is 59.9 Å². The van der Waals surface area contributed by atoms with Crippen LogP contribution in [-0.2, 0) is 0 Å². The van der Waals surface area contributed by atoms with Gasteiger partial charge in [-0.2, -0.15) is 0 Å². The Bertz CT molecular complexity index is 1490. The molecule has 0 saturated carbocycles. The van der Waals surface area contributed by atoms with Gasteiger partial charge in [-0.05, 0) is 37.6 Å². The number of imidazole rings is 1. The van der Waals surface area contributed by atoms with Gasteiger partial charge in [-0.25, -0.2) is 24.3 Å². The van der Waals surface area contributed by atoms with E-state index in [9.17, 15) is 9.18 Å². The monoisotopic (exact) mass is 429 g/mol. The molecule has 0 aliphatic heterocycles. The van der Waals surface area contributed by atoms with Crippen molar-refractivity contribution in [2.75, 3.05) is 5.32 Å². The molecule has 0 amide bonds. The summed E-state index contributed by atoms with van der Waals surface area (Å²) in [6.45, 7) is 3.94. The summed E-state index contributed by atoms with van der Waals surface area (Å²) in [7, 11) is 0. The van der Waals surface area contributed by atoms with E-state index in [2.05, 4.69) is 25.3 Å². The predicted molar refractivity (Wildman–Crippen MR) is 120 cm³/mol. The molecule has 2 aromatic carbocycles. The second kappa shape index (κ2) is 7.84. The molecule has 1 unspecified atom stereocenters. The molecule has 3 heterocycles. The third kappa shape index (κ3) is 3.27. The summed E-state index contributed by atoms with van der Waals surface area (Å²) >= 11 is 0. The fourth-order valence-corrected chi connectivity index (χ4v) is 3.77. The number of fused-ring (bicyclic) bond motifs is 2. The van der Waals surface area contributed by atoms with Crippen molar-refractivity contribution >= 4 is 27.9 Å². The lowest BCUT2D eigenvalue weighted by Crippen LogP contribution is -2.28. The molecule has 32 heavy (non-hydrogen) atoms. The van der Waals surface area contributed by atoms with Gasteiger partial charge in [-0.1, -0.05) is 30.7 Å². The van der Waals surface area contributed by atoms with Gasteiger partial charge in [0.2, 0.25) is 0 Å². The highest BCUT2D eigenvalue weighted by Crippen LogP contribution is 2.26. The third-order valence-electron chi connectivity index (χ3n) is 5.42. The molecule has 0 saturated heterocycles. The van der Waals surface area contributed by atoms with Crippen LogP contribution in [0, 0.1) is 12.7 Å². The smallest absolute Gasteiger partial charge is 0.269 e. The fourth-order valence-electron chi connectivity index (χ4n) is 3.77. The van der Waals surface area contributed by atoms with Crippen LogP contribution in [0.2, 0.25) is 0 Å². The molecule has 0 radical (unpaired) electrons. The van der Waals surface area contributed by atoms with Crippen LogP contribution in [0.4, 0.5) is 10.2 Å². The van der Waals surface area contributed by atoms with Gasteiger partial charge in [0, 0.05) is 0 Å². The number of anilines is 1. The van der Waals surface area contributed by atoms with E-state index in [4.69, 9.17) is 4.98 Å². The van der Waals surface area contributed by atoms with Crippen molar-refractivity contribution in [2.45, 2.75) is 26.3 Å². The van der Waals surface area contributed by atoms with E-state index in [0.717, 1.165) is 5.56 Å². The standard InChI is InChI=1S/C23H20FN7O/c1-3-16(29-21-19-20(26-11-25-19)27-12-28-21)22-30-17-6-4-5-15(24)18(17)23(32)31(22)14-9-7-13(2)8-10-14/h4-12,16H,3H2,1-2H3,(H2,25,26,27,28,29). The SMILES string of the molecule is CCC(Nc1ncnc2nc[nH]c12)c1nc2cccc(F)c2c(=O)n1-c1ccc(C)cc1. The number of halogens is 1. The summed E-state index contributed by atoms with van der Waals surface area (Å²) in [4.78, 5) is 33.9. The zero-order valence-corrected chi connectivity index (χ0v) is 17.5. The summed E-state index contributed by atoms with van der Waals surface area (Å²) in [6.07, 6.45) is 3.57. The number of hydrogen-bond donors (Lipinski definition) is 2. The number of aromatic nitrogens is 6. The molecule has 1 atom stereocenters. The highest BCUT2D eigenvalue weighted by Gasteiger charge is 2.23. The third-order valence-corrected chi connectivity index (χ3v) is 5.42. The van der Waals surface area contributed by atoms with Crippen LogP contribution < -0.4 is 10.9 Å². The van der Waals surface area contributed by atoms with Crippen molar-refractivity contribution in [3.8, 4) is 5.69 Å². The van der Waals surface area contributed by atoms with E-state index in [1.165, 1.54) is 17.0 Å². The van der Waals surface area contributed by atoms with Crippen molar-refractivity contribution in [3.63, 3.8) is 0 Å². The molecule has 3 aromatic heterocycles. The average molecular weight is 429 g/mol. The summed E-state index contributed by atoms with van der Waals surface area (Å²) in [6, 6.07) is 11.6. The average Bonchev–Trinajstić information content (AvgIpc) is 3.28. The Labute approximate surface area is 182 Å². The lowest BCUT2D eigenvalue weighted by atomic mass is 10.1. The van der Waals surface area contributed by atoms with Crippen LogP contribution in [0.25, 0.3) is 27.8 Å². The zero-order valence-electron chi connectivity index (χ0n) is 17.5. The molecule has 2 N–H and O–H groups in total. The molecule has 9 heteroatoms. The minimum atomic E-state index is -0.594. The summed E-state index contributed by atoms with van der Waals surface area (Å²) in [5.41, 5.74) is 2.70. The van der Waals surface area contributed by atoms with Crippen LogP contribution >= 0.6 is 0 Å². The molecule has 0 spiro atoms. The Morgan fingerprint density at radius 2 is 1.94 bits per heavy atom. The Kier molecular flexibility index (Phi) is 4.85. The van der Waals surface area contributed by atoms with E-state index < -0.39 is 17.4 Å². The van der Waals surface area contributed by atoms with Gasteiger partial charge in [0.25, 0.3) is 5.56 Å². The van der Waals surface area contributed by atoms with E-state index in [1.807, 2.05) is 38.1 Å². The maximum absolute atomic E-state index is 14.6. The quantitative estimate of drug-likeness (QED) is 0.437. The minimum absolute atomic E-state index is 0.0373. The summed E-state index contributed by atoms with van der Waals surface area (Å²) in [5.74, 6) is 0.414. The van der Waals surface area contributed by atoms with Crippen LogP contribution in [0.5, 0.6) is 0 Å². The van der Waals surface area contributed by atoms with Gasteiger partial charge in [-0.15, -0.1) is 0 Å². The Morgan fingerprint density at radius 3 is 2.72 bits per heavy atom. The molecule has 5 aromatic rings. The Morgan fingerprint density at radius 1 is 1.12 bits per heavy atom. The van der Waals surface area contributed by atoms with Gasteiger partial charge >= 0.3 is 0 Å². The lowest BCUT2D eigenvalue weighted by molar-refractivity contribution is 0.630. The summed E-state index contributed by atoms with van der Waals surface area (Å²) < 4.78 is 16.1. The van der Waals surface area contributed by atoms with Crippen molar-refractivity contribution in [1.82, 2.24) is 29.5 Å². The molecule has 0 bridgehead atoms. The van der Waals surface area contributed by atoms with Crippen molar-refractivity contribution in [1.29, 1.82) is 0 Å². The molecular formula is C23H20FN7O. The van der Waals surface area contributed by atoms with Gasteiger partial charge < -0.3 is 10.3 Å². The minimum Gasteiger partial charge on any atom is -0.358 e. The van der Waals surface area contributed by atoms with Crippen molar-refractivity contribution in [3.05, 3.63) is 82.7 Å². The molecule has 160 valence electrons. The normalized spacial score (nSPS) is 12.3. The first kappa shape index (κ1) is 19.8. The Hall–Kier alpha value is -4.14. The van der Waals surface area contributed by atoms with Crippen LogP contribution in [0.3, 0.4) is 0 Å². The van der Waals surface area contributed by atoms with Gasteiger partial charge in [0.05, 0.1) is 23.6 Å². The van der Waals surface area contributed by atoms with Crippen molar-refractivity contribution < 1.29 is 4.39 Å². The van der Waals surface area contributed by atoms with Crippen LogP contribution in [-0.4, -0.2) is 29.5 Å². The number of nitrogens with one attached hydrogen (secondary N) is 2.